The van der Waals surface area contributed by atoms with E-state index in [9.17, 15) is 23.4 Å². The number of phenols is 1. The Morgan fingerprint density at radius 3 is 2.23 bits per heavy atom. The van der Waals surface area contributed by atoms with E-state index in [1.54, 1.807) is 39.0 Å². The van der Waals surface area contributed by atoms with E-state index in [-0.39, 0.29) is 69.7 Å². The third-order valence-corrected chi connectivity index (χ3v) is 9.46. The molecule has 1 heterocycles. The number of aromatic carboxylic acids is 1. The van der Waals surface area contributed by atoms with Gasteiger partial charge in [-0.2, -0.15) is 19.3 Å². The second kappa shape index (κ2) is 14.0. The lowest BCUT2D eigenvalue weighted by atomic mass is 10.0. The first-order chi connectivity index (χ1) is 22.9. The van der Waals surface area contributed by atoms with Gasteiger partial charge in [-0.05, 0) is 67.3 Å². The molecule has 0 aliphatic carbocycles. The number of carbonyl (C=O) groups is 1. The Labute approximate surface area is 277 Å². The average Bonchev–Trinajstić information content (AvgIpc) is 3.05. The number of aromatic hydroxyl groups is 1. The summed E-state index contributed by atoms with van der Waals surface area (Å²) < 4.78 is 34.0. The van der Waals surface area contributed by atoms with Crippen molar-refractivity contribution in [1.82, 2.24) is 19.3 Å². The number of rotatable bonds is 12. The smallest absolute Gasteiger partial charge is 0.337 e. The molecule has 14 nitrogen and oxygen atoms in total. The maximum Gasteiger partial charge on any atom is 0.337 e. The van der Waals surface area contributed by atoms with Crippen LogP contribution in [0.3, 0.4) is 0 Å². The molecule has 0 atom stereocenters. The van der Waals surface area contributed by atoms with Crippen LogP contribution in [0.4, 0.5) is 34.6 Å². The van der Waals surface area contributed by atoms with Crippen molar-refractivity contribution >= 4 is 61.4 Å². The molecule has 4 aromatic carbocycles. The summed E-state index contributed by atoms with van der Waals surface area (Å²) in [6.45, 7) is 7.64. The number of aryl methyl sites for hydroxylation is 2. The van der Waals surface area contributed by atoms with Crippen molar-refractivity contribution in [3.05, 3.63) is 83.4 Å². The molecule has 248 valence electrons. The molecule has 48 heavy (non-hydrogen) atoms. The second-order valence-electron chi connectivity index (χ2n) is 10.7. The SMILES string of the molecule is CCN(CC)S(=O)(=O)c1cc(Nc2nc(Nc3ccc(C)cc3)nc(OC)n2)c2c(O)c(N=Nc3ccccc3C(=O)O)c(C)cc2c1. The maximum atomic E-state index is 13.7. The van der Waals surface area contributed by atoms with E-state index in [1.165, 1.54) is 35.7 Å². The summed E-state index contributed by atoms with van der Waals surface area (Å²) in [6.07, 6.45) is 0. The predicted molar refractivity (Wildman–Crippen MR) is 182 cm³/mol. The van der Waals surface area contributed by atoms with Gasteiger partial charge in [-0.15, -0.1) is 10.2 Å². The Bertz CT molecular complexity index is 2140. The number of anilines is 4. The summed E-state index contributed by atoms with van der Waals surface area (Å²) in [7, 11) is -2.55. The molecule has 1 aromatic heterocycles. The standard InChI is InChI=1S/C33H34N8O6S/c1-6-41(7-2)48(45,46)23-17-21-16-20(4)28(40-39-25-11-9-8-10-24(25)30(43)44)29(42)27(21)26(18-23)35-32-36-31(37-33(38-32)47-5)34-22-14-12-19(3)13-15-22/h8-18,42H,6-7H2,1-5H3,(H,43,44)(H2,34,35,36,37,38). The maximum absolute atomic E-state index is 13.7. The van der Waals surface area contributed by atoms with Gasteiger partial charge >= 0.3 is 12.0 Å². The fourth-order valence-corrected chi connectivity index (χ4v) is 6.52. The van der Waals surface area contributed by atoms with Crippen LogP contribution in [0.25, 0.3) is 10.8 Å². The van der Waals surface area contributed by atoms with E-state index in [0.29, 0.717) is 16.6 Å². The molecular formula is C33H34N8O6S. The number of carboxylic acid groups (broad SMARTS) is 1. The molecule has 0 saturated heterocycles. The van der Waals surface area contributed by atoms with Crippen LogP contribution in [0, 0.1) is 13.8 Å². The molecule has 0 bridgehead atoms. The number of sulfonamides is 1. The highest BCUT2D eigenvalue weighted by atomic mass is 32.2. The quantitative estimate of drug-likeness (QED) is 0.100. The van der Waals surface area contributed by atoms with Gasteiger partial charge in [0.1, 0.15) is 11.4 Å². The molecular weight excluding hydrogens is 636 g/mol. The molecule has 0 aliphatic rings. The zero-order valence-corrected chi connectivity index (χ0v) is 27.7. The zero-order valence-electron chi connectivity index (χ0n) is 26.9. The van der Waals surface area contributed by atoms with Crippen molar-refractivity contribution in [2.45, 2.75) is 32.6 Å². The fourth-order valence-electron chi connectivity index (χ4n) is 5.00. The van der Waals surface area contributed by atoms with E-state index in [4.69, 9.17) is 4.74 Å². The highest BCUT2D eigenvalue weighted by molar-refractivity contribution is 7.89. The zero-order chi connectivity index (χ0) is 34.6. The molecule has 0 aliphatic heterocycles. The Morgan fingerprint density at radius 2 is 1.58 bits per heavy atom. The summed E-state index contributed by atoms with van der Waals surface area (Å²) in [5, 5.41) is 36.3. The van der Waals surface area contributed by atoms with Crippen LogP contribution in [-0.4, -0.2) is 64.1 Å². The summed E-state index contributed by atoms with van der Waals surface area (Å²) in [5.74, 6) is -1.36. The van der Waals surface area contributed by atoms with E-state index in [1.807, 2.05) is 31.2 Å². The van der Waals surface area contributed by atoms with Crippen LogP contribution in [0.15, 0.2) is 81.9 Å². The largest absolute Gasteiger partial charge is 0.505 e. The monoisotopic (exact) mass is 670 g/mol. The van der Waals surface area contributed by atoms with Crippen LogP contribution in [0.2, 0.25) is 0 Å². The van der Waals surface area contributed by atoms with Gasteiger partial charge in [-0.1, -0.05) is 43.7 Å². The Balaban J connectivity index is 1.68. The first-order valence-electron chi connectivity index (χ1n) is 14.9. The van der Waals surface area contributed by atoms with Gasteiger partial charge in [0.05, 0.1) is 23.3 Å². The van der Waals surface area contributed by atoms with Crippen LogP contribution in [0.5, 0.6) is 11.8 Å². The van der Waals surface area contributed by atoms with Gasteiger partial charge < -0.3 is 25.6 Å². The first kappa shape index (κ1) is 33.7. The van der Waals surface area contributed by atoms with Crippen LogP contribution in [-0.2, 0) is 10.0 Å². The van der Waals surface area contributed by atoms with Crippen molar-refractivity contribution in [2.24, 2.45) is 10.2 Å². The number of methoxy groups -OCH3 is 1. The molecule has 5 rings (SSSR count). The number of phenolic OH excluding ortho intramolecular Hbond substituents is 1. The third-order valence-electron chi connectivity index (χ3n) is 7.44. The summed E-state index contributed by atoms with van der Waals surface area (Å²) in [5.41, 5.74) is 2.48. The molecule has 5 aromatic rings. The van der Waals surface area contributed by atoms with Crippen LogP contribution in [0.1, 0.15) is 35.3 Å². The van der Waals surface area contributed by atoms with Crippen molar-refractivity contribution < 1.29 is 28.2 Å². The number of hydrogen-bond donors (Lipinski definition) is 4. The van der Waals surface area contributed by atoms with E-state index in [0.717, 1.165) is 5.56 Å². The minimum absolute atomic E-state index is 0.00585. The number of nitrogens with zero attached hydrogens (tertiary/aromatic N) is 6. The minimum Gasteiger partial charge on any atom is -0.505 e. The van der Waals surface area contributed by atoms with Gasteiger partial charge in [-0.3, -0.25) is 0 Å². The normalized spacial score (nSPS) is 11.7. The molecule has 0 unspecified atom stereocenters. The Kier molecular flexibility index (Phi) is 9.82. The second-order valence-corrected chi connectivity index (χ2v) is 12.6. The van der Waals surface area contributed by atoms with Crippen molar-refractivity contribution in [3.8, 4) is 11.8 Å². The summed E-state index contributed by atoms with van der Waals surface area (Å²) >= 11 is 0. The minimum atomic E-state index is -3.94. The van der Waals surface area contributed by atoms with Gasteiger partial charge in [0.2, 0.25) is 21.9 Å². The van der Waals surface area contributed by atoms with Crippen molar-refractivity contribution in [1.29, 1.82) is 0 Å². The lowest BCUT2D eigenvalue weighted by molar-refractivity contribution is 0.0697. The third kappa shape index (κ3) is 7.01. The number of hydrogen-bond acceptors (Lipinski definition) is 12. The first-order valence-corrected chi connectivity index (χ1v) is 16.3. The van der Waals surface area contributed by atoms with E-state index < -0.39 is 16.0 Å². The predicted octanol–water partition coefficient (Wildman–Crippen LogP) is 6.99. The molecule has 0 saturated carbocycles. The number of carboxylic acids is 1. The van der Waals surface area contributed by atoms with Gasteiger partial charge in [-0.25, -0.2) is 13.2 Å². The number of azo groups is 1. The molecule has 0 spiro atoms. The lowest BCUT2D eigenvalue weighted by Crippen LogP contribution is -2.30. The topological polar surface area (TPSA) is 192 Å². The van der Waals surface area contributed by atoms with Gasteiger partial charge in [0, 0.05) is 24.2 Å². The van der Waals surface area contributed by atoms with E-state index >= 15 is 0 Å². The number of nitrogens with one attached hydrogen (secondary N) is 2. The number of ether oxygens (including phenoxy) is 1. The summed E-state index contributed by atoms with van der Waals surface area (Å²) in [4.78, 5) is 24.7. The van der Waals surface area contributed by atoms with Gasteiger partial charge in [0.15, 0.2) is 5.75 Å². The molecule has 0 fully saturated rings. The fraction of sp³-hybridized carbons (Fsp3) is 0.212. The molecule has 0 amide bonds. The highest BCUT2D eigenvalue weighted by Crippen LogP contribution is 2.44. The molecule has 0 radical (unpaired) electrons. The van der Waals surface area contributed by atoms with Crippen LogP contribution >= 0.6 is 0 Å². The molecule has 4 N–H and O–H groups in total. The van der Waals surface area contributed by atoms with E-state index in [2.05, 4.69) is 35.8 Å². The number of benzene rings is 4. The average molecular weight is 671 g/mol. The van der Waals surface area contributed by atoms with Crippen molar-refractivity contribution in [3.63, 3.8) is 0 Å². The summed E-state index contributed by atoms with van der Waals surface area (Å²) in [6, 6.07) is 18.2. The Morgan fingerprint density at radius 1 is 0.917 bits per heavy atom. The lowest BCUT2D eigenvalue weighted by Gasteiger charge is -2.20. The van der Waals surface area contributed by atoms with Gasteiger partial charge in [0.25, 0.3) is 0 Å². The number of aromatic nitrogens is 3. The highest BCUT2D eigenvalue weighted by Gasteiger charge is 2.25. The Hall–Kier alpha value is -5.67. The van der Waals surface area contributed by atoms with Crippen molar-refractivity contribution in [2.75, 3.05) is 30.8 Å². The number of fused-ring (bicyclic) bond motifs is 1. The van der Waals surface area contributed by atoms with Crippen LogP contribution < -0.4 is 15.4 Å². The molecule has 15 heteroatoms.